The second-order valence-electron chi connectivity index (χ2n) is 6.88. The van der Waals surface area contributed by atoms with Crippen molar-refractivity contribution in [2.24, 2.45) is 4.99 Å². The number of hydrogen-bond acceptors (Lipinski definition) is 5. The Kier molecular flexibility index (Phi) is 6.14. The van der Waals surface area contributed by atoms with Gasteiger partial charge in [0.05, 0.1) is 28.5 Å². The molecule has 0 radical (unpaired) electrons. The minimum Gasteiger partial charge on any atom is -0.463 e. The Labute approximate surface area is 192 Å². The Morgan fingerprint density at radius 1 is 1.23 bits per heavy atom. The number of rotatable bonds is 4. The summed E-state index contributed by atoms with van der Waals surface area (Å²) in [5.74, 6) is -0.479. The molecule has 0 spiro atoms. The van der Waals surface area contributed by atoms with Gasteiger partial charge in [-0.1, -0.05) is 70.9 Å². The highest BCUT2D eigenvalue weighted by atomic mass is 35.5. The number of allylic oxidation sites excluding steroid dienone is 1. The number of carbonyl (C=O) groups excluding carboxylic acids is 1. The van der Waals surface area contributed by atoms with E-state index < -0.39 is 12.0 Å². The summed E-state index contributed by atoms with van der Waals surface area (Å²) in [5.41, 5.74) is 2.12. The van der Waals surface area contributed by atoms with Gasteiger partial charge in [-0.15, -0.1) is 0 Å². The molecule has 2 heterocycles. The van der Waals surface area contributed by atoms with E-state index >= 15 is 0 Å². The lowest BCUT2D eigenvalue weighted by Crippen LogP contribution is -2.39. The number of thiazole rings is 1. The first kappa shape index (κ1) is 21.6. The van der Waals surface area contributed by atoms with Crippen molar-refractivity contribution in [2.75, 3.05) is 6.61 Å². The molecule has 5 nitrogen and oxygen atoms in total. The summed E-state index contributed by atoms with van der Waals surface area (Å²) < 4.78 is 7.29. The van der Waals surface area contributed by atoms with E-state index in [0.29, 0.717) is 36.2 Å². The Morgan fingerprint density at radius 3 is 2.65 bits per heavy atom. The van der Waals surface area contributed by atoms with E-state index in [4.69, 9.17) is 27.9 Å². The maximum Gasteiger partial charge on any atom is 0.338 e. The van der Waals surface area contributed by atoms with Crippen molar-refractivity contribution in [2.45, 2.75) is 19.9 Å². The normalized spacial score (nSPS) is 16.1. The van der Waals surface area contributed by atoms with E-state index in [1.54, 1.807) is 42.7 Å². The van der Waals surface area contributed by atoms with Gasteiger partial charge in [0.25, 0.3) is 5.56 Å². The molecule has 0 fully saturated rings. The standard InChI is InChI=1S/C23H18Cl2N2O3S/c1-3-30-22(29)19-13(2)26-23-27(20(19)14-7-5-4-6-8-14)21(28)18(31-23)11-15-9-10-16(24)12-17(15)25/h4-12,20H,3H2,1-2H3. The predicted octanol–water partition coefficient (Wildman–Crippen LogP) is 4.11. The van der Waals surface area contributed by atoms with Crippen molar-refractivity contribution in [3.63, 3.8) is 0 Å². The van der Waals surface area contributed by atoms with Crippen LogP contribution < -0.4 is 14.9 Å². The van der Waals surface area contributed by atoms with Crippen LogP contribution in [0.4, 0.5) is 0 Å². The fourth-order valence-electron chi connectivity index (χ4n) is 3.50. The second kappa shape index (κ2) is 8.83. The lowest BCUT2D eigenvalue weighted by atomic mass is 9.96. The van der Waals surface area contributed by atoms with Crippen LogP contribution in [0.15, 0.2) is 69.6 Å². The van der Waals surface area contributed by atoms with Gasteiger partial charge in [0.1, 0.15) is 0 Å². The lowest BCUT2D eigenvalue weighted by molar-refractivity contribution is -0.139. The van der Waals surface area contributed by atoms with Gasteiger partial charge in [-0.2, -0.15) is 0 Å². The molecule has 1 aliphatic heterocycles. The SMILES string of the molecule is CCOC(=O)C1=C(C)N=c2sc(=Cc3ccc(Cl)cc3Cl)c(=O)n2C1c1ccccc1. The first-order valence-corrected chi connectivity index (χ1v) is 11.2. The Morgan fingerprint density at radius 2 is 1.97 bits per heavy atom. The maximum absolute atomic E-state index is 13.5. The van der Waals surface area contributed by atoms with Gasteiger partial charge in [-0.25, -0.2) is 9.79 Å². The number of ether oxygens (including phenoxy) is 1. The van der Waals surface area contributed by atoms with E-state index in [9.17, 15) is 9.59 Å². The third-order valence-corrected chi connectivity index (χ3v) is 6.43. The van der Waals surface area contributed by atoms with Crippen molar-refractivity contribution in [3.05, 3.63) is 101 Å². The lowest BCUT2D eigenvalue weighted by Gasteiger charge is -2.24. The zero-order chi connectivity index (χ0) is 22.1. The first-order valence-electron chi connectivity index (χ1n) is 9.60. The molecule has 31 heavy (non-hydrogen) atoms. The summed E-state index contributed by atoms with van der Waals surface area (Å²) in [6, 6.07) is 13.9. The molecule has 0 N–H and O–H groups in total. The fraction of sp³-hybridized carbons (Fsp3) is 0.174. The first-order chi connectivity index (χ1) is 14.9. The highest BCUT2D eigenvalue weighted by Crippen LogP contribution is 2.30. The topological polar surface area (TPSA) is 60.7 Å². The van der Waals surface area contributed by atoms with Gasteiger partial charge in [-0.05, 0) is 43.2 Å². The number of fused-ring (bicyclic) bond motifs is 1. The molecule has 3 aromatic rings. The minimum absolute atomic E-state index is 0.233. The zero-order valence-corrected chi connectivity index (χ0v) is 19.1. The van der Waals surface area contributed by atoms with E-state index in [1.807, 2.05) is 30.3 Å². The van der Waals surface area contributed by atoms with Gasteiger partial charge in [0.15, 0.2) is 4.80 Å². The fourth-order valence-corrected chi connectivity index (χ4v) is 5.00. The van der Waals surface area contributed by atoms with Crippen LogP contribution in [0.5, 0.6) is 0 Å². The predicted molar refractivity (Wildman–Crippen MR) is 123 cm³/mol. The molecule has 2 aromatic carbocycles. The third-order valence-electron chi connectivity index (χ3n) is 4.88. The van der Waals surface area contributed by atoms with Gasteiger partial charge in [0.2, 0.25) is 0 Å². The van der Waals surface area contributed by atoms with Crippen LogP contribution in [0.3, 0.4) is 0 Å². The Hall–Kier alpha value is -2.67. The monoisotopic (exact) mass is 472 g/mol. The van der Waals surface area contributed by atoms with Gasteiger partial charge in [-0.3, -0.25) is 9.36 Å². The number of benzene rings is 2. The van der Waals surface area contributed by atoms with Crippen molar-refractivity contribution in [1.82, 2.24) is 4.57 Å². The Bertz CT molecular complexity index is 1370. The quantitative estimate of drug-likeness (QED) is 0.536. The molecule has 0 aliphatic carbocycles. The molecular formula is C23H18Cl2N2O3S. The third kappa shape index (κ3) is 4.11. The summed E-state index contributed by atoms with van der Waals surface area (Å²) in [6.07, 6.45) is 1.72. The van der Waals surface area contributed by atoms with E-state index in [-0.39, 0.29) is 12.2 Å². The summed E-state index contributed by atoms with van der Waals surface area (Å²) >= 11 is 13.5. The van der Waals surface area contributed by atoms with Crippen LogP contribution in [-0.2, 0) is 9.53 Å². The molecule has 0 saturated heterocycles. The van der Waals surface area contributed by atoms with Crippen LogP contribution in [0.25, 0.3) is 6.08 Å². The Balaban J connectivity index is 1.96. The van der Waals surface area contributed by atoms with Gasteiger partial charge < -0.3 is 4.74 Å². The zero-order valence-electron chi connectivity index (χ0n) is 16.8. The number of carbonyl (C=O) groups is 1. The molecule has 0 bridgehead atoms. The van der Waals surface area contributed by atoms with E-state index in [2.05, 4.69) is 4.99 Å². The average Bonchev–Trinajstić information content (AvgIpc) is 3.04. The summed E-state index contributed by atoms with van der Waals surface area (Å²) in [7, 11) is 0. The largest absolute Gasteiger partial charge is 0.463 e. The van der Waals surface area contributed by atoms with E-state index in [1.165, 1.54) is 11.3 Å². The van der Waals surface area contributed by atoms with Crippen LogP contribution in [0.1, 0.15) is 31.0 Å². The molecule has 0 amide bonds. The highest BCUT2D eigenvalue weighted by molar-refractivity contribution is 7.07. The maximum atomic E-state index is 13.5. The number of halogens is 2. The molecule has 158 valence electrons. The summed E-state index contributed by atoms with van der Waals surface area (Å²) in [6.45, 7) is 3.74. The van der Waals surface area contributed by atoms with Crippen molar-refractivity contribution >= 4 is 46.6 Å². The molecule has 1 atom stereocenters. The summed E-state index contributed by atoms with van der Waals surface area (Å²) in [5, 5.41) is 0.962. The van der Waals surface area contributed by atoms with Crippen LogP contribution >= 0.6 is 34.5 Å². The van der Waals surface area contributed by atoms with Crippen LogP contribution in [-0.4, -0.2) is 17.1 Å². The molecule has 1 aliphatic rings. The van der Waals surface area contributed by atoms with Crippen molar-refractivity contribution in [3.8, 4) is 0 Å². The van der Waals surface area contributed by atoms with Crippen molar-refractivity contribution in [1.29, 1.82) is 0 Å². The van der Waals surface area contributed by atoms with E-state index in [0.717, 1.165) is 5.56 Å². The van der Waals surface area contributed by atoms with Gasteiger partial charge >= 0.3 is 5.97 Å². The molecular weight excluding hydrogens is 455 g/mol. The van der Waals surface area contributed by atoms with Crippen LogP contribution in [0, 0.1) is 0 Å². The smallest absolute Gasteiger partial charge is 0.338 e. The second-order valence-corrected chi connectivity index (χ2v) is 8.73. The molecule has 0 saturated carbocycles. The highest BCUT2D eigenvalue weighted by Gasteiger charge is 2.33. The summed E-state index contributed by atoms with van der Waals surface area (Å²) in [4.78, 5) is 31.3. The molecule has 4 rings (SSSR count). The van der Waals surface area contributed by atoms with Crippen molar-refractivity contribution < 1.29 is 9.53 Å². The minimum atomic E-state index is -0.626. The molecule has 1 unspecified atom stereocenters. The molecule has 8 heteroatoms. The number of aromatic nitrogens is 1. The van der Waals surface area contributed by atoms with Crippen LogP contribution in [0.2, 0.25) is 10.0 Å². The van der Waals surface area contributed by atoms with Gasteiger partial charge in [0, 0.05) is 10.0 Å². The number of nitrogens with zero attached hydrogens (tertiary/aromatic N) is 2. The average molecular weight is 473 g/mol. The molecule has 1 aromatic heterocycles. The number of hydrogen-bond donors (Lipinski definition) is 0. The number of esters is 1.